The van der Waals surface area contributed by atoms with Crippen LogP contribution in [0.2, 0.25) is 0 Å². The fourth-order valence-electron chi connectivity index (χ4n) is 1.35. The van der Waals surface area contributed by atoms with Crippen LogP contribution in [-0.4, -0.2) is 0 Å². The van der Waals surface area contributed by atoms with E-state index >= 15 is 0 Å². The van der Waals surface area contributed by atoms with E-state index in [1.807, 2.05) is 0 Å². The van der Waals surface area contributed by atoms with Crippen molar-refractivity contribution in [2.75, 3.05) is 0 Å². The summed E-state index contributed by atoms with van der Waals surface area (Å²) in [6.45, 7) is 4.60. The van der Waals surface area contributed by atoms with Gasteiger partial charge in [0.1, 0.15) is 0 Å². The molecule has 0 radical (unpaired) electrons. The predicted octanol–water partition coefficient (Wildman–Crippen LogP) is 2.61. The summed E-state index contributed by atoms with van der Waals surface area (Å²) in [5.41, 5.74) is 0. The Hall–Kier alpha value is -0.260. The minimum Gasteiger partial charge on any atom is -0.0880 e. The lowest BCUT2D eigenvalue weighted by atomic mass is 9.89. The molecular formula is C8H14. The van der Waals surface area contributed by atoms with E-state index in [0.717, 1.165) is 11.8 Å². The van der Waals surface area contributed by atoms with Gasteiger partial charge in [-0.15, -0.1) is 0 Å². The molecule has 0 bridgehead atoms. The van der Waals surface area contributed by atoms with Crippen LogP contribution in [0.25, 0.3) is 0 Å². The van der Waals surface area contributed by atoms with Gasteiger partial charge in [-0.05, 0) is 24.7 Å². The highest BCUT2D eigenvalue weighted by molar-refractivity contribution is 4.92. The van der Waals surface area contributed by atoms with Gasteiger partial charge in [0.15, 0.2) is 0 Å². The van der Waals surface area contributed by atoms with Crippen molar-refractivity contribution < 1.29 is 0 Å². The van der Waals surface area contributed by atoms with Crippen LogP contribution in [0.4, 0.5) is 0 Å². The summed E-state index contributed by atoms with van der Waals surface area (Å²) in [6.07, 6.45) is 7.31. The molecule has 1 aliphatic rings. The molecule has 1 aliphatic carbocycles. The van der Waals surface area contributed by atoms with Gasteiger partial charge in [0.2, 0.25) is 0 Å². The van der Waals surface area contributed by atoms with Gasteiger partial charge in [0, 0.05) is 0 Å². The monoisotopic (exact) mass is 110 g/mol. The highest BCUT2D eigenvalue weighted by atomic mass is 14.1. The van der Waals surface area contributed by atoms with Crippen LogP contribution < -0.4 is 0 Å². The van der Waals surface area contributed by atoms with Gasteiger partial charge in [-0.1, -0.05) is 26.0 Å². The number of allylic oxidation sites excluding steroid dienone is 2. The third kappa shape index (κ3) is 1.36. The predicted molar refractivity (Wildman–Crippen MR) is 36.7 cm³/mol. The van der Waals surface area contributed by atoms with E-state index < -0.39 is 0 Å². The molecule has 2 unspecified atom stereocenters. The van der Waals surface area contributed by atoms with E-state index in [0.29, 0.717) is 0 Å². The molecule has 0 saturated carbocycles. The van der Waals surface area contributed by atoms with Gasteiger partial charge in [0.25, 0.3) is 0 Å². The maximum Gasteiger partial charge on any atom is -0.0259 e. The Morgan fingerprint density at radius 2 is 2.12 bits per heavy atom. The highest BCUT2D eigenvalue weighted by Gasteiger charge is 2.08. The first-order valence-corrected chi connectivity index (χ1v) is 3.45. The second-order valence-electron chi connectivity index (χ2n) is 2.98. The van der Waals surface area contributed by atoms with Crippen molar-refractivity contribution in [2.45, 2.75) is 26.7 Å². The van der Waals surface area contributed by atoms with E-state index in [1.54, 1.807) is 0 Å². The Morgan fingerprint density at radius 1 is 1.38 bits per heavy atom. The zero-order chi connectivity index (χ0) is 5.98. The van der Waals surface area contributed by atoms with Crippen molar-refractivity contribution in [3.05, 3.63) is 12.2 Å². The first kappa shape index (κ1) is 5.87. The molecule has 0 spiro atoms. The molecule has 0 aliphatic heterocycles. The van der Waals surface area contributed by atoms with Crippen LogP contribution >= 0.6 is 0 Å². The first-order valence-electron chi connectivity index (χ1n) is 3.45. The van der Waals surface area contributed by atoms with Gasteiger partial charge < -0.3 is 0 Å². The smallest absolute Gasteiger partial charge is 0.0259 e. The molecule has 0 heteroatoms. The summed E-state index contributed by atoms with van der Waals surface area (Å²) in [5, 5.41) is 0. The summed E-state index contributed by atoms with van der Waals surface area (Å²) in [5.74, 6) is 1.76. The molecule has 0 saturated heterocycles. The van der Waals surface area contributed by atoms with Crippen LogP contribution in [0.1, 0.15) is 26.7 Å². The number of hydrogen-bond donors (Lipinski definition) is 0. The molecule has 0 aromatic heterocycles. The van der Waals surface area contributed by atoms with Gasteiger partial charge in [0.05, 0.1) is 0 Å². The third-order valence-electron chi connectivity index (χ3n) is 1.78. The molecule has 0 nitrogen and oxygen atoms in total. The second-order valence-corrected chi connectivity index (χ2v) is 2.98. The third-order valence-corrected chi connectivity index (χ3v) is 1.78. The van der Waals surface area contributed by atoms with Crippen LogP contribution in [0.3, 0.4) is 0 Å². The fraction of sp³-hybridized carbons (Fsp3) is 0.750. The van der Waals surface area contributed by atoms with Crippen molar-refractivity contribution in [3.8, 4) is 0 Å². The quantitative estimate of drug-likeness (QED) is 0.420. The van der Waals surface area contributed by atoms with Crippen molar-refractivity contribution in [2.24, 2.45) is 11.8 Å². The zero-order valence-electron chi connectivity index (χ0n) is 5.72. The van der Waals surface area contributed by atoms with Crippen molar-refractivity contribution >= 4 is 0 Å². The summed E-state index contributed by atoms with van der Waals surface area (Å²) < 4.78 is 0. The van der Waals surface area contributed by atoms with Crippen LogP contribution in [0.15, 0.2) is 12.2 Å². The van der Waals surface area contributed by atoms with Crippen molar-refractivity contribution in [3.63, 3.8) is 0 Å². The van der Waals surface area contributed by atoms with Crippen molar-refractivity contribution in [1.29, 1.82) is 0 Å². The highest BCUT2D eigenvalue weighted by Crippen LogP contribution is 2.21. The van der Waals surface area contributed by atoms with Gasteiger partial charge in [-0.2, -0.15) is 0 Å². The summed E-state index contributed by atoms with van der Waals surface area (Å²) >= 11 is 0. The minimum atomic E-state index is 0.832. The molecule has 0 heterocycles. The molecule has 0 aromatic rings. The van der Waals surface area contributed by atoms with Gasteiger partial charge >= 0.3 is 0 Å². The lowest BCUT2D eigenvalue weighted by molar-refractivity contribution is 0.449. The summed E-state index contributed by atoms with van der Waals surface area (Å²) in [7, 11) is 0. The van der Waals surface area contributed by atoms with E-state index in [-0.39, 0.29) is 0 Å². The number of hydrogen-bond acceptors (Lipinski definition) is 0. The van der Waals surface area contributed by atoms with Gasteiger partial charge in [-0.3, -0.25) is 0 Å². The van der Waals surface area contributed by atoms with E-state index in [1.165, 1.54) is 12.8 Å². The normalized spacial score (nSPS) is 37.8. The molecule has 2 atom stereocenters. The summed E-state index contributed by atoms with van der Waals surface area (Å²) in [4.78, 5) is 0. The fourth-order valence-corrected chi connectivity index (χ4v) is 1.35. The Kier molecular flexibility index (Phi) is 1.72. The molecule has 46 valence electrons. The number of rotatable bonds is 0. The van der Waals surface area contributed by atoms with Gasteiger partial charge in [-0.25, -0.2) is 0 Å². The van der Waals surface area contributed by atoms with Crippen molar-refractivity contribution in [1.82, 2.24) is 0 Å². The largest absolute Gasteiger partial charge is 0.0880 e. The average Bonchev–Trinajstić information content (AvgIpc) is 1.64. The Labute approximate surface area is 51.6 Å². The SMILES string of the molecule is CC1C=CCC(C)C1. The minimum absolute atomic E-state index is 0.832. The Bertz CT molecular complexity index is 92.2. The lowest BCUT2D eigenvalue weighted by Gasteiger charge is -2.16. The molecule has 0 aromatic carbocycles. The maximum atomic E-state index is 2.32. The second kappa shape index (κ2) is 2.34. The molecule has 0 amide bonds. The first-order chi connectivity index (χ1) is 3.79. The topological polar surface area (TPSA) is 0 Å². The zero-order valence-corrected chi connectivity index (χ0v) is 5.72. The lowest BCUT2D eigenvalue weighted by Crippen LogP contribution is -2.04. The maximum absolute atomic E-state index is 2.32. The van der Waals surface area contributed by atoms with Crippen LogP contribution in [0.5, 0.6) is 0 Å². The van der Waals surface area contributed by atoms with Crippen LogP contribution in [-0.2, 0) is 0 Å². The average molecular weight is 110 g/mol. The van der Waals surface area contributed by atoms with E-state index in [9.17, 15) is 0 Å². The Morgan fingerprint density at radius 3 is 2.50 bits per heavy atom. The molecule has 0 N–H and O–H groups in total. The molecular weight excluding hydrogens is 96.1 g/mol. The Balaban J connectivity index is 2.42. The molecule has 8 heavy (non-hydrogen) atoms. The molecule has 0 fully saturated rings. The van der Waals surface area contributed by atoms with E-state index in [4.69, 9.17) is 0 Å². The van der Waals surface area contributed by atoms with Crippen LogP contribution in [0, 0.1) is 11.8 Å². The van der Waals surface area contributed by atoms with E-state index in [2.05, 4.69) is 26.0 Å². The summed E-state index contributed by atoms with van der Waals surface area (Å²) in [6, 6.07) is 0. The molecule has 1 rings (SSSR count). The standard InChI is InChI=1S/C8H14/c1-7-4-3-5-8(2)6-7/h3-4,7-8H,5-6H2,1-2H3.